The molecule has 2 unspecified atom stereocenters. The van der Waals surface area contributed by atoms with Gasteiger partial charge in [0.2, 0.25) is 0 Å². The standard InChI is InChI=1S/C13H16BrFO2/c1-2-17-13(8-3-4-8)12(16)10-7-9(14)5-6-11(10)15/h5-8,12-13,16H,2-4H2,1H3. The van der Waals surface area contributed by atoms with Gasteiger partial charge in [0.15, 0.2) is 0 Å². The smallest absolute Gasteiger partial charge is 0.129 e. The second-order valence-electron chi connectivity index (χ2n) is 4.37. The van der Waals surface area contributed by atoms with Crippen molar-refractivity contribution in [3.8, 4) is 0 Å². The van der Waals surface area contributed by atoms with E-state index in [1.165, 1.54) is 6.07 Å². The topological polar surface area (TPSA) is 29.5 Å². The molecule has 94 valence electrons. The Hall–Kier alpha value is -0.450. The number of hydrogen-bond acceptors (Lipinski definition) is 2. The fourth-order valence-electron chi connectivity index (χ4n) is 2.02. The van der Waals surface area contributed by atoms with Crippen molar-refractivity contribution >= 4 is 15.9 Å². The Morgan fingerprint density at radius 3 is 2.82 bits per heavy atom. The summed E-state index contributed by atoms with van der Waals surface area (Å²) in [5.41, 5.74) is 0.310. The molecule has 1 aromatic rings. The first-order valence-corrected chi connectivity index (χ1v) is 6.67. The Balaban J connectivity index is 2.21. The van der Waals surface area contributed by atoms with E-state index in [0.29, 0.717) is 18.1 Å². The summed E-state index contributed by atoms with van der Waals surface area (Å²) >= 11 is 3.29. The number of benzene rings is 1. The van der Waals surface area contributed by atoms with Crippen LogP contribution < -0.4 is 0 Å². The molecule has 2 nitrogen and oxygen atoms in total. The van der Waals surface area contributed by atoms with Gasteiger partial charge in [-0.2, -0.15) is 0 Å². The van der Waals surface area contributed by atoms with E-state index in [1.807, 2.05) is 6.92 Å². The van der Waals surface area contributed by atoms with Crippen LogP contribution in [0.4, 0.5) is 4.39 Å². The van der Waals surface area contributed by atoms with Gasteiger partial charge >= 0.3 is 0 Å². The van der Waals surface area contributed by atoms with E-state index >= 15 is 0 Å². The van der Waals surface area contributed by atoms with Gasteiger partial charge in [-0.3, -0.25) is 0 Å². The molecule has 0 amide bonds. The molecule has 1 N–H and O–H groups in total. The molecule has 1 aliphatic rings. The van der Waals surface area contributed by atoms with E-state index in [0.717, 1.165) is 17.3 Å². The van der Waals surface area contributed by atoms with Crippen molar-refractivity contribution in [2.45, 2.75) is 32.0 Å². The molecule has 0 spiro atoms. The molecule has 0 saturated heterocycles. The summed E-state index contributed by atoms with van der Waals surface area (Å²) in [5.74, 6) is -0.0191. The Bertz CT molecular complexity index is 393. The molecule has 0 aromatic heterocycles. The van der Waals surface area contributed by atoms with Crippen LogP contribution in [0.2, 0.25) is 0 Å². The van der Waals surface area contributed by atoms with E-state index < -0.39 is 6.10 Å². The van der Waals surface area contributed by atoms with Crippen LogP contribution in [0.1, 0.15) is 31.4 Å². The highest BCUT2D eigenvalue weighted by Crippen LogP contribution is 2.40. The largest absolute Gasteiger partial charge is 0.386 e. The van der Waals surface area contributed by atoms with Crippen molar-refractivity contribution in [1.29, 1.82) is 0 Å². The quantitative estimate of drug-likeness (QED) is 0.903. The SMILES string of the molecule is CCOC(C1CC1)C(O)c1cc(Br)ccc1F. The zero-order valence-corrected chi connectivity index (χ0v) is 11.3. The lowest BCUT2D eigenvalue weighted by Gasteiger charge is -2.23. The maximum absolute atomic E-state index is 13.7. The lowest BCUT2D eigenvalue weighted by atomic mass is 10.0. The first-order chi connectivity index (χ1) is 8.13. The number of aliphatic hydroxyl groups excluding tert-OH is 1. The Labute approximate surface area is 109 Å². The molecule has 17 heavy (non-hydrogen) atoms. The Kier molecular flexibility index (Phi) is 4.17. The van der Waals surface area contributed by atoms with E-state index in [-0.39, 0.29) is 11.9 Å². The van der Waals surface area contributed by atoms with Crippen molar-refractivity contribution in [3.63, 3.8) is 0 Å². The van der Waals surface area contributed by atoms with Crippen LogP contribution >= 0.6 is 15.9 Å². The first-order valence-electron chi connectivity index (χ1n) is 5.88. The van der Waals surface area contributed by atoms with E-state index in [2.05, 4.69) is 15.9 Å². The van der Waals surface area contributed by atoms with Gasteiger partial charge in [0, 0.05) is 16.6 Å². The van der Waals surface area contributed by atoms with Crippen LogP contribution in [0.15, 0.2) is 22.7 Å². The number of ether oxygens (including phenoxy) is 1. The third kappa shape index (κ3) is 3.06. The summed E-state index contributed by atoms with van der Waals surface area (Å²) in [6.45, 7) is 2.42. The van der Waals surface area contributed by atoms with Crippen molar-refractivity contribution in [2.75, 3.05) is 6.61 Å². The highest BCUT2D eigenvalue weighted by atomic mass is 79.9. The number of hydrogen-bond donors (Lipinski definition) is 1. The summed E-state index contributed by atoms with van der Waals surface area (Å²) in [5, 5.41) is 10.2. The third-order valence-corrected chi connectivity index (χ3v) is 3.53. The van der Waals surface area contributed by atoms with Crippen molar-refractivity contribution in [1.82, 2.24) is 0 Å². The minimum absolute atomic E-state index is 0.288. The molecule has 2 rings (SSSR count). The highest BCUT2D eigenvalue weighted by molar-refractivity contribution is 9.10. The van der Waals surface area contributed by atoms with Crippen LogP contribution in [-0.4, -0.2) is 17.8 Å². The molecular weight excluding hydrogens is 287 g/mol. The molecule has 0 heterocycles. The van der Waals surface area contributed by atoms with Gasteiger partial charge < -0.3 is 9.84 Å². The second kappa shape index (κ2) is 5.46. The van der Waals surface area contributed by atoms with Crippen molar-refractivity contribution < 1.29 is 14.2 Å². The van der Waals surface area contributed by atoms with Gasteiger partial charge in [-0.25, -0.2) is 4.39 Å². The number of halogens is 2. The lowest BCUT2D eigenvalue weighted by molar-refractivity contribution is -0.0474. The average molecular weight is 303 g/mol. The van der Waals surface area contributed by atoms with E-state index in [4.69, 9.17) is 4.74 Å². The molecule has 4 heteroatoms. The molecule has 1 fully saturated rings. The maximum Gasteiger partial charge on any atom is 0.129 e. The van der Waals surface area contributed by atoms with Gasteiger partial charge in [-0.15, -0.1) is 0 Å². The van der Waals surface area contributed by atoms with Crippen LogP contribution in [0.3, 0.4) is 0 Å². The Morgan fingerprint density at radius 1 is 1.53 bits per heavy atom. The predicted molar refractivity (Wildman–Crippen MR) is 67.2 cm³/mol. The third-order valence-electron chi connectivity index (χ3n) is 3.03. The lowest BCUT2D eigenvalue weighted by Crippen LogP contribution is -2.25. The number of aliphatic hydroxyl groups is 1. The predicted octanol–water partition coefficient (Wildman–Crippen LogP) is 3.44. The zero-order valence-electron chi connectivity index (χ0n) is 9.70. The molecule has 1 aliphatic carbocycles. The monoisotopic (exact) mass is 302 g/mol. The number of rotatable bonds is 5. The second-order valence-corrected chi connectivity index (χ2v) is 5.28. The molecule has 1 aromatic carbocycles. The van der Waals surface area contributed by atoms with Gasteiger partial charge in [-0.1, -0.05) is 15.9 Å². The minimum atomic E-state index is -0.889. The fraction of sp³-hybridized carbons (Fsp3) is 0.538. The highest BCUT2D eigenvalue weighted by Gasteiger charge is 2.38. The van der Waals surface area contributed by atoms with Crippen molar-refractivity contribution in [3.05, 3.63) is 34.1 Å². The summed E-state index contributed by atoms with van der Waals surface area (Å²) in [6.07, 6.45) is 0.929. The van der Waals surface area contributed by atoms with Crippen LogP contribution in [0.25, 0.3) is 0 Å². The summed E-state index contributed by atoms with van der Waals surface area (Å²) in [4.78, 5) is 0. The van der Waals surface area contributed by atoms with Crippen LogP contribution in [0, 0.1) is 11.7 Å². The summed E-state index contributed by atoms with van der Waals surface area (Å²) in [7, 11) is 0. The van der Waals surface area contributed by atoms with Gasteiger partial charge in [0.25, 0.3) is 0 Å². The normalized spacial score (nSPS) is 19.1. The molecule has 1 saturated carbocycles. The van der Waals surface area contributed by atoms with Crippen molar-refractivity contribution in [2.24, 2.45) is 5.92 Å². The summed E-state index contributed by atoms with van der Waals surface area (Å²) < 4.78 is 20.0. The molecular formula is C13H16BrFO2. The molecule has 2 atom stereocenters. The van der Waals surface area contributed by atoms with Gasteiger partial charge in [-0.05, 0) is 43.9 Å². The van der Waals surface area contributed by atoms with Gasteiger partial charge in [0.05, 0.1) is 6.10 Å². The average Bonchev–Trinajstić information content (AvgIpc) is 3.12. The van der Waals surface area contributed by atoms with Gasteiger partial charge in [0.1, 0.15) is 11.9 Å². The molecule has 0 aliphatic heterocycles. The van der Waals surface area contributed by atoms with E-state index in [1.54, 1.807) is 12.1 Å². The Morgan fingerprint density at radius 2 is 2.24 bits per heavy atom. The van der Waals surface area contributed by atoms with Crippen LogP contribution in [-0.2, 0) is 4.74 Å². The first kappa shape index (κ1) is 13.0. The van der Waals surface area contributed by atoms with Crippen LogP contribution in [0.5, 0.6) is 0 Å². The maximum atomic E-state index is 13.7. The fourth-order valence-corrected chi connectivity index (χ4v) is 2.40. The summed E-state index contributed by atoms with van der Waals surface area (Å²) in [6, 6.07) is 4.60. The zero-order chi connectivity index (χ0) is 12.4. The molecule has 0 radical (unpaired) electrons. The van der Waals surface area contributed by atoms with E-state index in [9.17, 15) is 9.50 Å². The minimum Gasteiger partial charge on any atom is -0.386 e. The molecule has 0 bridgehead atoms.